The maximum absolute atomic E-state index is 12.7. The van der Waals surface area contributed by atoms with Gasteiger partial charge in [0.2, 0.25) is 5.91 Å². The number of nitrogens with zero attached hydrogens (tertiary/aromatic N) is 1. The average Bonchev–Trinajstić information content (AvgIpc) is 2.66. The van der Waals surface area contributed by atoms with Gasteiger partial charge in [-0.2, -0.15) is 0 Å². The zero-order valence-electron chi connectivity index (χ0n) is 13.5. The number of rotatable bonds is 4. The first-order valence-corrected chi connectivity index (χ1v) is 9.21. The molecule has 0 spiro atoms. The van der Waals surface area contributed by atoms with E-state index in [-0.39, 0.29) is 17.3 Å². The lowest BCUT2D eigenvalue weighted by atomic mass is 10.0. The molecule has 25 heavy (non-hydrogen) atoms. The summed E-state index contributed by atoms with van der Waals surface area (Å²) in [5, 5.41) is 0.183. The molecule has 0 bridgehead atoms. The van der Waals surface area contributed by atoms with Gasteiger partial charge in [0.1, 0.15) is 0 Å². The topological polar surface area (TPSA) is 46.6 Å². The summed E-state index contributed by atoms with van der Waals surface area (Å²) in [6.45, 7) is 0. The zero-order chi connectivity index (χ0) is 17.2. The highest BCUT2D eigenvalue weighted by atomic mass is 32.2. The predicted molar refractivity (Wildman–Crippen MR) is 96.6 cm³/mol. The fraction of sp³-hybridized carbons (Fsp3) is 0.200. The molecule has 1 amide bonds. The Bertz CT molecular complexity index is 780. The summed E-state index contributed by atoms with van der Waals surface area (Å²) in [5.74, 6) is 0.261. The molecule has 126 valence electrons. The van der Waals surface area contributed by atoms with Gasteiger partial charge in [-0.05, 0) is 11.1 Å². The average molecular weight is 351 g/mol. The van der Waals surface area contributed by atoms with Crippen LogP contribution in [0.3, 0.4) is 0 Å². The molecule has 0 unspecified atom stereocenters. The summed E-state index contributed by atoms with van der Waals surface area (Å²) in [7, 11) is 0. The van der Waals surface area contributed by atoms with E-state index in [1.54, 1.807) is 22.9 Å². The van der Waals surface area contributed by atoms with Crippen LogP contribution in [0.2, 0.25) is 0 Å². The summed E-state index contributed by atoms with van der Waals surface area (Å²) in [6, 6.07) is 19.4. The first-order valence-electron chi connectivity index (χ1n) is 8.17. The van der Waals surface area contributed by atoms with Crippen molar-refractivity contribution in [1.82, 2.24) is 4.90 Å². The maximum Gasteiger partial charge on any atom is 0.337 e. The van der Waals surface area contributed by atoms with Crippen LogP contribution in [-0.4, -0.2) is 27.9 Å². The van der Waals surface area contributed by atoms with Crippen LogP contribution in [0, 0.1) is 0 Å². The number of carbonyl (C=O) groups excluding carboxylic acids is 2. The van der Waals surface area contributed by atoms with Gasteiger partial charge in [-0.25, -0.2) is 4.79 Å². The van der Waals surface area contributed by atoms with E-state index in [2.05, 4.69) is 0 Å². The van der Waals surface area contributed by atoms with Crippen molar-refractivity contribution in [1.29, 1.82) is 0 Å². The second kappa shape index (κ2) is 6.76. The van der Waals surface area contributed by atoms with Gasteiger partial charge in [-0.3, -0.25) is 4.79 Å². The highest BCUT2D eigenvalue weighted by Gasteiger charge is 2.39. The van der Waals surface area contributed by atoms with Crippen LogP contribution >= 0.6 is 11.8 Å². The van der Waals surface area contributed by atoms with E-state index in [1.807, 2.05) is 60.7 Å². The van der Waals surface area contributed by atoms with Crippen molar-refractivity contribution < 1.29 is 14.3 Å². The van der Waals surface area contributed by atoms with Crippen molar-refractivity contribution >= 4 is 23.6 Å². The molecule has 5 heteroatoms. The molecule has 2 aromatic rings. The number of ether oxygens (including phenoxy) is 1. The van der Waals surface area contributed by atoms with Crippen LogP contribution in [0.15, 0.2) is 72.4 Å². The van der Waals surface area contributed by atoms with Gasteiger partial charge < -0.3 is 9.64 Å². The smallest absolute Gasteiger partial charge is 0.337 e. The number of thioether (sulfide) groups is 1. The highest BCUT2D eigenvalue weighted by Crippen LogP contribution is 2.36. The van der Waals surface area contributed by atoms with Crippen LogP contribution < -0.4 is 0 Å². The molecule has 2 heterocycles. The molecule has 0 N–H and O–H groups in total. The lowest BCUT2D eigenvalue weighted by Crippen LogP contribution is -2.49. The van der Waals surface area contributed by atoms with E-state index in [0.29, 0.717) is 17.7 Å². The summed E-state index contributed by atoms with van der Waals surface area (Å²) in [5.41, 5.74) is 2.37. The summed E-state index contributed by atoms with van der Waals surface area (Å²) in [4.78, 5) is 25.9. The predicted octanol–water partition coefficient (Wildman–Crippen LogP) is 3.51. The molecule has 0 aliphatic carbocycles. The molecule has 1 atom stereocenters. The number of carbonyl (C=O) groups is 2. The van der Waals surface area contributed by atoms with Gasteiger partial charge in [-0.1, -0.05) is 60.7 Å². The molecular formula is C20H17NO3S. The Morgan fingerprint density at radius 2 is 1.64 bits per heavy atom. The lowest BCUT2D eigenvalue weighted by Gasteiger charge is -2.40. The first kappa shape index (κ1) is 16.0. The Balaban J connectivity index is 1.59. The van der Waals surface area contributed by atoms with Crippen molar-refractivity contribution in [3.05, 3.63) is 83.6 Å². The molecule has 0 saturated carbocycles. The number of hydrogen-bond donors (Lipinski definition) is 0. The minimum Gasteiger partial charge on any atom is -0.449 e. The SMILES string of the molecule is O=C(OC(c1ccccc1)c1ccccc1)C1=CN2C(=O)C[C@@H]2SC1. The number of hydrogen-bond acceptors (Lipinski definition) is 4. The molecule has 1 saturated heterocycles. The standard InChI is InChI=1S/C20H17NO3S/c22-17-11-18-21(17)12-16(13-25-18)20(23)24-19(14-7-3-1-4-8-14)15-9-5-2-6-10-15/h1-10,12,18-19H,11,13H2/t18-/m0/s1. The molecule has 2 aromatic carbocycles. The minimum absolute atomic E-state index is 0.0603. The molecule has 4 nitrogen and oxygen atoms in total. The first-order chi connectivity index (χ1) is 12.2. The number of β-lactam (4-membered cyclic amide) rings is 1. The Kier molecular flexibility index (Phi) is 4.32. The van der Waals surface area contributed by atoms with Gasteiger partial charge >= 0.3 is 5.97 Å². The van der Waals surface area contributed by atoms with Crippen LogP contribution in [0.4, 0.5) is 0 Å². The normalized spacial score (nSPS) is 19.1. The van der Waals surface area contributed by atoms with Gasteiger partial charge in [0.05, 0.1) is 17.4 Å². The number of benzene rings is 2. The second-order valence-corrected chi connectivity index (χ2v) is 7.20. The Labute approximate surface area is 150 Å². The maximum atomic E-state index is 12.7. The summed E-state index contributed by atoms with van der Waals surface area (Å²) in [6.07, 6.45) is 1.74. The Hall–Kier alpha value is -2.53. The quantitative estimate of drug-likeness (QED) is 0.625. The summed E-state index contributed by atoms with van der Waals surface area (Å²) < 4.78 is 5.85. The fourth-order valence-electron chi connectivity index (χ4n) is 2.97. The van der Waals surface area contributed by atoms with Crippen LogP contribution in [0.1, 0.15) is 23.7 Å². The van der Waals surface area contributed by atoms with Gasteiger partial charge in [0.25, 0.3) is 0 Å². The van der Waals surface area contributed by atoms with E-state index in [4.69, 9.17) is 4.74 Å². The number of amides is 1. The molecule has 0 aromatic heterocycles. The van der Waals surface area contributed by atoms with Crippen LogP contribution in [-0.2, 0) is 14.3 Å². The van der Waals surface area contributed by atoms with Gasteiger partial charge in [0, 0.05) is 12.0 Å². The van der Waals surface area contributed by atoms with Crippen LogP contribution in [0.25, 0.3) is 0 Å². The van der Waals surface area contributed by atoms with E-state index >= 15 is 0 Å². The highest BCUT2D eigenvalue weighted by molar-refractivity contribution is 8.00. The number of fused-ring (bicyclic) bond motifs is 1. The third-order valence-corrected chi connectivity index (χ3v) is 5.62. The molecule has 2 aliphatic heterocycles. The van der Waals surface area contributed by atoms with Crippen LogP contribution in [0.5, 0.6) is 0 Å². The van der Waals surface area contributed by atoms with E-state index < -0.39 is 6.10 Å². The fourth-order valence-corrected chi connectivity index (χ4v) is 4.13. The molecule has 4 rings (SSSR count). The second-order valence-electron chi connectivity index (χ2n) is 6.03. The van der Waals surface area contributed by atoms with Gasteiger partial charge in [0.15, 0.2) is 6.10 Å². The molecular weight excluding hydrogens is 334 g/mol. The number of esters is 1. The Morgan fingerprint density at radius 3 is 2.20 bits per heavy atom. The molecule has 2 aliphatic rings. The lowest BCUT2D eigenvalue weighted by molar-refractivity contribution is -0.143. The molecule has 0 radical (unpaired) electrons. The third-order valence-electron chi connectivity index (χ3n) is 4.37. The van der Waals surface area contributed by atoms with Crippen molar-refractivity contribution in [2.24, 2.45) is 0 Å². The third kappa shape index (κ3) is 3.20. The summed E-state index contributed by atoms with van der Waals surface area (Å²) >= 11 is 1.61. The largest absolute Gasteiger partial charge is 0.449 e. The molecule has 1 fully saturated rings. The van der Waals surface area contributed by atoms with E-state index in [0.717, 1.165) is 11.1 Å². The zero-order valence-corrected chi connectivity index (χ0v) is 14.3. The minimum atomic E-state index is -0.467. The van der Waals surface area contributed by atoms with Crippen molar-refractivity contribution in [3.63, 3.8) is 0 Å². The van der Waals surface area contributed by atoms with E-state index in [1.165, 1.54) is 0 Å². The van der Waals surface area contributed by atoms with Gasteiger partial charge in [-0.15, -0.1) is 11.8 Å². The van der Waals surface area contributed by atoms with E-state index in [9.17, 15) is 9.59 Å². The van der Waals surface area contributed by atoms with Crippen molar-refractivity contribution in [3.8, 4) is 0 Å². The van der Waals surface area contributed by atoms with Crippen molar-refractivity contribution in [2.45, 2.75) is 17.9 Å². The monoisotopic (exact) mass is 351 g/mol. The Morgan fingerprint density at radius 1 is 1.04 bits per heavy atom. The van der Waals surface area contributed by atoms with Crippen molar-refractivity contribution in [2.75, 3.05) is 5.75 Å².